The van der Waals surface area contributed by atoms with E-state index in [2.05, 4.69) is 32.4 Å². The molecule has 0 aromatic carbocycles. The number of rotatable bonds is 12. The third-order valence-electron chi connectivity index (χ3n) is 3.25. The van der Waals surface area contributed by atoms with Gasteiger partial charge >= 0.3 is 0 Å². The number of hydrogen-bond acceptors (Lipinski definition) is 2. The summed E-state index contributed by atoms with van der Waals surface area (Å²) >= 11 is 0. The van der Waals surface area contributed by atoms with Gasteiger partial charge in [0.2, 0.25) is 0 Å². The van der Waals surface area contributed by atoms with Gasteiger partial charge in [-0.2, -0.15) is 0 Å². The fraction of sp³-hybridized carbons (Fsp3) is 0.812. The van der Waals surface area contributed by atoms with E-state index in [9.17, 15) is 4.79 Å². The van der Waals surface area contributed by atoms with Crippen molar-refractivity contribution in [3.63, 3.8) is 0 Å². The summed E-state index contributed by atoms with van der Waals surface area (Å²) in [5, 5.41) is 4.12. The predicted molar refractivity (Wildman–Crippen MR) is 82.8 cm³/mol. The van der Waals surface area contributed by atoms with Crippen molar-refractivity contribution in [1.82, 2.24) is 10.0 Å². The van der Waals surface area contributed by atoms with Crippen LogP contribution in [-0.2, 0) is 4.79 Å². The van der Waals surface area contributed by atoms with Gasteiger partial charge in [-0.1, -0.05) is 53.0 Å². The maximum absolute atomic E-state index is 12.0. The summed E-state index contributed by atoms with van der Waals surface area (Å²) in [5.41, 5.74) is 0. The van der Waals surface area contributed by atoms with E-state index < -0.39 is 0 Å². The topological polar surface area (TPSA) is 23.6 Å². The Labute approximate surface area is 119 Å². The lowest BCUT2D eigenvalue weighted by molar-refractivity contribution is -0.144. The first kappa shape index (κ1) is 18.2. The third kappa shape index (κ3) is 8.04. The SMILES string of the molecule is C=CC(=O)N(CCC)N(CCCCC)CCCCC. The first-order valence-corrected chi connectivity index (χ1v) is 7.89. The maximum Gasteiger partial charge on any atom is 0.260 e. The summed E-state index contributed by atoms with van der Waals surface area (Å²) in [6, 6.07) is 0. The average Bonchev–Trinajstić information content (AvgIpc) is 2.43. The van der Waals surface area contributed by atoms with Crippen molar-refractivity contribution in [2.75, 3.05) is 19.6 Å². The highest BCUT2D eigenvalue weighted by atomic mass is 16.2. The van der Waals surface area contributed by atoms with Crippen LogP contribution in [0.3, 0.4) is 0 Å². The van der Waals surface area contributed by atoms with E-state index in [0.717, 1.165) is 38.9 Å². The van der Waals surface area contributed by atoms with E-state index in [4.69, 9.17) is 0 Å². The molecule has 1 amide bonds. The molecular weight excluding hydrogens is 236 g/mol. The molecule has 0 aliphatic heterocycles. The molecule has 0 aromatic rings. The largest absolute Gasteiger partial charge is 0.272 e. The quantitative estimate of drug-likeness (QED) is 0.303. The van der Waals surface area contributed by atoms with E-state index in [1.165, 1.54) is 31.8 Å². The molecule has 0 aliphatic carbocycles. The molecular formula is C16H32N2O. The Morgan fingerprint density at radius 1 is 0.895 bits per heavy atom. The second-order valence-corrected chi connectivity index (χ2v) is 5.03. The zero-order valence-corrected chi connectivity index (χ0v) is 13.2. The summed E-state index contributed by atoms with van der Waals surface area (Å²) < 4.78 is 0. The molecule has 0 atom stereocenters. The molecule has 0 N–H and O–H groups in total. The lowest BCUT2D eigenvalue weighted by atomic mass is 10.2. The summed E-state index contributed by atoms with van der Waals surface area (Å²) in [5.74, 6) is 0.0369. The molecule has 0 fully saturated rings. The Morgan fingerprint density at radius 3 is 1.79 bits per heavy atom. The number of carbonyl (C=O) groups excluding carboxylic acids is 1. The molecule has 112 valence electrons. The van der Waals surface area contributed by atoms with Gasteiger partial charge in [-0.25, -0.2) is 5.01 Å². The Hall–Kier alpha value is -0.830. The number of carbonyl (C=O) groups is 1. The minimum atomic E-state index is 0.0369. The van der Waals surface area contributed by atoms with E-state index in [1.807, 2.05) is 5.01 Å². The fourth-order valence-corrected chi connectivity index (χ4v) is 2.15. The zero-order valence-electron chi connectivity index (χ0n) is 13.2. The third-order valence-corrected chi connectivity index (χ3v) is 3.25. The maximum atomic E-state index is 12.0. The van der Waals surface area contributed by atoms with Crippen molar-refractivity contribution in [1.29, 1.82) is 0 Å². The van der Waals surface area contributed by atoms with Crippen molar-refractivity contribution < 1.29 is 4.79 Å². The van der Waals surface area contributed by atoms with Gasteiger partial charge in [-0.15, -0.1) is 0 Å². The molecule has 0 aliphatic rings. The predicted octanol–water partition coefficient (Wildman–Crippen LogP) is 4.01. The number of nitrogens with zero attached hydrogens (tertiary/aromatic N) is 2. The van der Waals surface area contributed by atoms with Crippen molar-refractivity contribution in [3.05, 3.63) is 12.7 Å². The molecule has 0 bridgehead atoms. The van der Waals surface area contributed by atoms with Crippen molar-refractivity contribution in [3.8, 4) is 0 Å². The summed E-state index contributed by atoms with van der Waals surface area (Å²) in [7, 11) is 0. The molecule has 3 heteroatoms. The molecule has 0 saturated heterocycles. The molecule has 0 rings (SSSR count). The van der Waals surface area contributed by atoms with Gasteiger partial charge in [0.1, 0.15) is 0 Å². The van der Waals surface area contributed by atoms with Gasteiger partial charge in [0, 0.05) is 19.6 Å². The lowest BCUT2D eigenvalue weighted by Gasteiger charge is -2.34. The van der Waals surface area contributed by atoms with E-state index in [-0.39, 0.29) is 5.91 Å². The minimum Gasteiger partial charge on any atom is -0.272 e. The van der Waals surface area contributed by atoms with E-state index in [0.29, 0.717) is 0 Å². The van der Waals surface area contributed by atoms with Crippen LogP contribution in [0.4, 0.5) is 0 Å². The van der Waals surface area contributed by atoms with Crippen LogP contribution in [0.15, 0.2) is 12.7 Å². The normalized spacial score (nSPS) is 10.7. The van der Waals surface area contributed by atoms with Gasteiger partial charge in [0.15, 0.2) is 0 Å². The molecule has 0 heterocycles. The van der Waals surface area contributed by atoms with Crippen LogP contribution in [0, 0.1) is 0 Å². The van der Waals surface area contributed by atoms with Gasteiger partial charge < -0.3 is 0 Å². The van der Waals surface area contributed by atoms with Crippen molar-refractivity contribution in [2.24, 2.45) is 0 Å². The van der Waals surface area contributed by atoms with Crippen LogP contribution in [0.5, 0.6) is 0 Å². The van der Waals surface area contributed by atoms with Crippen LogP contribution in [0.25, 0.3) is 0 Å². The molecule has 0 spiro atoms. The molecule has 0 radical (unpaired) electrons. The molecule has 0 saturated carbocycles. The Balaban J connectivity index is 4.51. The number of amides is 1. The molecule has 0 aromatic heterocycles. The number of hydrazine groups is 1. The minimum absolute atomic E-state index is 0.0369. The molecule has 3 nitrogen and oxygen atoms in total. The smallest absolute Gasteiger partial charge is 0.260 e. The highest BCUT2D eigenvalue weighted by Gasteiger charge is 2.17. The second kappa shape index (κ2) is 12.2. The highest BCUT2D eigenvalue weighted by molar-refractivity contribution is 5.86. The molecule has 19 heavy (non-hydrogen) atoms. The summed E-state index contributed by atoms with van der Waals surface area (Å²) in [6.45, 7) is 12.9. The van der Waals surface area contributed by atoms with Crippen molar-refractivity contribution >= 4 is 5.91 Å². The summed E-state index contributed by atoms with van der Waals surface area (Å²) in [6.07, 6.45) is 9.62. The van der Waals surface area contributed by atoms with Crippen LogP contribution in [0.2, 0.25) is 0 Å². The van der Waals surface area contributed by atoms with Gasteiger partial charge in [0.05, 0.1) is 0 Å². The first-order valence-electron chi connectivity index (χ1n) is 7.89. The van der Waals surface area contributed by atoms with E-state index in [1.54, 1.807) is 0 Å². The lowest BCUT2D eigenvalue weighted by Crippen LogP contribution is -2.47. The standard InChI is InChI=1S/C16H32N2O/c1-5-9-11-14-17(15-12-10-6-2)18(13-7-3)16(19)8-4/h8H,4-7,9-15H2,1-3H3. The fourth-order valence-electron chi connectivity index (χ4n) is 2.15. The zero-order chi connectivity index (χ0) is 14.5. The summed E-state index contributed by atoms with van der Waals surface area (Å²) in [4.78, 5) is 12.0. The van der Waals surface area contributed by atoms with Crippen LogP contribution >= 0.6 is 0 Å². The van der Waals surface area contributed by atoms with Crippen molar-refractivity contribution in [2.45, 2.75) is 65.7 Å². The molecule has 0 unspecified atom stereocenters. The van der Waals surface area contributed by atoms with Crippen LogP contribution < -0.4 is 0 Å². The second-order valence-electron chi connectivity index (χ2n) is 5.03. The first-order chi connectivity index (χ1) is 9.21. The Kier molecular flexibility index (Phi) is 11.7. The van der Waals surface area contributed by atoms with Crippen LogP contribution in [0.1, 0.15) is 65.7 Å². The van der Waals surface area contributed by atoms with Crippen LogP contribution in [-0.4, -0.2) is 35.6 Å². The van der Waals surface area contributed by atoms with E-state index >= 15 is 0 Å². The average molecular weight is 268 g/mol. The monoisotopic (exact) mass is 268 g/mol. The highest BCUT2D eigenvalue weighted by Crippen LogP contribution is 2.08. The van der Waals surface area contributed by atoms with Gasteiger partial charge in [-0.3, -0.25) is 9.80 Å². The van der Waals surface area contributed by atoms with Gasteiger partial charge in [-0.05, 0) is 25.3 Å². The Morgan fingerprint density at radius 2 is 1.42 bits per heavy atom. The Bertz CT molecular complexity index is 231. The van der Waals surface area contributed by atoms with Gasteiger partial charge in [0.25, 0.3) is 5.91 Å². The number of hydrogen-bond donors (Lipinski definition) is 0. The number of unbranched alkanes of at least 4 members (excludes halogenated alkanes) is 4.